The van der Waals surface area contributed by atoms with Crippen molar-refractivity contribution in [1.29, 1.82) is 0 Å². The van der Waals surface area contributed by atoms with Crippen LogP contribution in [0.3, 0.4) is 0 Å². The monoisotopic (exact) mass is 482 g/mol. The van der Waals surface area contributed by atoms with Gasteiger partial charge in [-0.05, 0) is 55.7 Å². The van der Waals surface area contributed by atoms with Crippen LogP contribution in [0.4, 0.5) is 11.4 Å². The predicted molar refractivity (Wildman–Crippen MR) is 116 cm³/mol. The lowest BCUT2D eigenvalue weighted by Gasteiger charge is -2.32. The SMILES string of the molecule is O=C1N(c2ccc(Cl)cc2Cl)c2ccc(S(=O)(=O)N3CCCC3)cc2C12OCCCO2. The summed E-state index contributed by atoms with van der Waals surface area (Å²) in [7, 11) is -3.68. The maximum Gasteiger partial charge on any atom is 0.297 e. The van der Waals surface area contributed by atoms with Crippen molar-refractivity contribution in [2.24, 2.45) is 0 Å². The van der Waals surface area contributed by atoms with Gasteiger partial charge in [0, 0.05) is 23.7 Å². The van der Waals surface area contributed by atoms with Crippen LogP contribution in [0.5, 0.6) is 0 Å². The van der Waals surface area contributed by atoms with E-state index >= 15 is 0 Å². The van der Waals surface area contributed by atoms with E-state index in [4.69, 9.17) is 32.7 Å². The van der Waals surface area contributed by atoms with Crippen molar-refractivity contribution >= 4 is 50.5 Å². The van der Waals surface area contributed by atoms with Crippen LogP contribution in [0.25, 0.3) is 0 Å². The van der Waals surface area contributed by atoms with Gasteiger partial charge in [0.25, 0.3) is 11.7 Å². The van der Waals surface area contributed by atoms with Crippen LogP contribution in [-0.4, -0.2) is 44.9 Å². The van der Waals surface area contributed by atoms with Crippen LogP contribution < -0.4 is 4.90 Å². The third-order valence-electron chi connectivity index (χ3n) is 5.80. The van der Waals surface area contributed by atoms with Gasteiger partial charge in [0.15, 0.2) is 0 Å². The van der Waals surface area contributed by atoms with Gasteiger partial charge in [-0.15, -0.1) is 0 Å². The largest absolute Gasteiger partial charge is 0.338 e. The van der Waals surface area contributed by atoms with E-state index in [1.165, 1.54) is 21.3 Å². The summed E-state index contributed by atoms with van der Waals surface area (Å²) in [6.07, 6.45) is 2.31. The van der Waals surface area contributed by atoms with E-state index in [1.54, 1.807) is 24.3 Å². The number of sulfonamides is 1. The molecule has 10 heteroatoms. The zero-order chi connectivity index (χ0) is 21.8. The van der Waals surface area contributed by atoms with Gasteiger partial charge in [0.05, 0.1) is 34.5 Å². The number of halogens is 2. The zero-order valence-electron chi connectivity index (χ0n) is 16.5. The molecule has 2 aromatic carbocycles. The Balaban J connectivity index is 1.67. The van der Waals surface area contributed by atoms with E-state index in [0.717, 1.165) is 12.8 Å². The Morgan fingerprint density at radius 2 is 1.58 bits per heavy atom. The molecule has 5 rings (SSSR count). The van der Waals surface area contributed by atoms with Crippen molar-refractivity contribution in [2.45, 2.75) is 29.9 Å². The molecule has 0 unspecified atom stereocenters. The normalized spacial score (nSPS) is 21.1. The average Bonchev–Trinajstić information content (AvgIpc) is 3.37. The molecule has 3 heterocycles. The Morgan fingerprint density at radius 1 is 0.903 bits per heavy atom. The summed E-state index contributed by atoms with van der Waals surface area (Å²) in [5, 5.41) is 0.723. The lowest BCUT2D eigenvalue weighted by molar-refractivity contribution is -0.256. The first-order valence-corrected chi connectivity index (χ1v) is 12.3. The van der Waals surface area contributed by atoms with Gasteiger partial charge in [-0.1, -0.05) is 23.2 Å². The first-order valence-electron chi connectivity index (χ1n) is 10.1. The van der Waals surface area contributed by atoms with E-state index in [9.17, 15) is 13.2 Å². The molecule has 0 radical (unpaired) electrons. The fraction of sp³-hybridized carbons (Fsp3) is 0.381. The first kappa shape index (κ1) is 21.2. The lowest BCUT2D eigenvalue weighted by atomic mass is 10.1. The van der Waals surface area contributed by atoms with Crippen LogP contribution in [-0.2, 0) is 30.1 Å². The second kappa shape index (κ2) is 7.72. The highest BCUT2D eigenvalue weighted by Gasteiger charge is 2.56. The molecule has 31 heavy (non-hydrogen) atoms. The second-order valence-electron chi connectivity index (χ2n) is 7.69. The summed E-state index contributed by atoms with van der Waals surface area (Å²) in [5.74, 6) is -2.17. The predicted octanol–water partition coefficient (Wildman–Crippen LogP) is 4.05. The Labute approximate surface area is 190 Å². The highest BCUT2D eigenvalue weighted by molar-refractivity contribution is 7.89. The summed E-state index contributed by atoms with van der Waals surface area (Å²) in [6, 6.07) is 9.44. The number of rotatable bonds is 3. The molecule has 1 amide bonds. The van der Waals surface area contributed by atoms with Crippen molar-refractivity contribution in [3.63, 3.8) is 0 Å². The fourth-order valence-electron chi connectivity index (χ4n) is 4.30. The van der Waals surface area contributed by atoms with Crippen LogP contribution in [0.2, 0.25) is 10.0 Å². The standard InChI is InChI=1S/C21H20Cl2N2O5S/c22-14-4-6-19(17(23)12-14)25-18-7-5-15(31(27,28)24-8-1-2-9-24)13-16(18)21(20(25)26)29-10-3-11-30-21/h4-7,12-13H,1-3,8-11H2. The van der Waals surface area contributed by atoms with Gasteiger partial charge in [-0.3, -0.25) is 9.69 Å². The van der Waals surface area contributed by atoms with Crippen LogP contribution in [0.15, 0.2) is 41.3 Å². The second-order valence-corrected chi connectivity index (χ2v) is 10.5. The maximum atomic E-state index is 13.6. The first-order chi connectivity index (χ1) is 14.8. The minimum atomic E-state index is -3.68. The Hall–Kier alpha value is -1.68. The molecule has 0 bridgehead atoms. The molecule has 164 valence electrons. The molecule has 0 aliphatic carbocycles. The average molecular weight is 483 g/mol. The van der Waals surface area contributed by atoms with Gasteiger partial charge in [0.1, 0.15) is 0 Å². The lowest BCUT2D eigenvalue weighted by Crippen LogP contribution is -2.46. The summed E-state index contributed by atoms with van der Waals surface area (Å²) in [5.41, 5.74) is 1.25. The Kier molecular flexibility index (Phi) is 5.28. The van der Waals surface area contributed by atoms with E-state index in [-0.39, 0.29) is 9.92 Å². The number of carbonyl (C=O) groups excluding carboxylic acids is 1. The highest BCUT2D eigenvalue weighted by atomic mass is 35.5. The zero-order valence-corrected chi connectivity index (χ0v) is 18.8. The van der Waals surface area contributed by atoms with E-state index < -0.39 is 21.7 Å². The molecule has 7 nitrogen and oxygen atoms in total. The van der Waals surface area contributed by atoms with Gasteiger partial charge >= 0.3 is 0 Å². The number of anilines is 2. The number of hydrogen-bond acceptors (Lipinski definition) is 5. The summed E-state index contributed by atoms with van der Waals surface area (Å²) >= 11 is 12.4. The minimum Gasteiger partial charge on any atom is -0.338 e. The fourth-order valence-corrected chi connectivity index (χ4v) is 6.33. The van der Waals surface area contributed by atoms with E-state index in [1.807, 2.05) is 0 Å². The topological polar surface area (TPSA) is 76.2 Å². The summed E-state index contributed by atoms with van der Waals surface area (Å²) in [4.78, 5) is 15.1. The molecule has 0 saturated carbocycles. The van der Waals surface area contributed by atoms with E-state index in [2.05, 4.69) is 0 Å². The summed E-state index contributed by atoms with van der Waals surface area (Å²) < 4.78 is 39.5. The van der Waals surface area contributed by atoms with Crippen molar-refractivity contribution < 1.29 is 22.7 Å². The minimum absolute atomic E-state index is 0.113. The molecule has 2 fully saturated rings. The molecular formula is C21H20Cl2N2O5S. The molecule has 0 atom stereocenters. The molecule has 1 spiro atoms. The molecule has 0 aromatic heterocycles. The van der Waals surface area contributed by atoms with Crippen molar-refractivity contribution in [2.75, 3.05) is 31.2 Å². The summed E-state index contributed by atoms with van der Waals surface area (Å²) in [6.45, 7) is 1.61. The molecular weight excluding hydrogens is 463 g/mol. The van der Waals surface area contributed by atoms with Crippen LogP contribution in [0, 0.1) is 0 Å². The molecule has 2 aromatic rings. The smallest absolute Gasteiger partial charge is 0.297 e. The number of amides is 1. The van der Waals surface area contributed by atoms with Crippen molar-refractivity contribution in [3.8, 4) is 0 Å². The number of nitrogens with zero attached hydrogens (tertiary/aromatic N) is 2. The van der Waals surface area contributed by atoms with Crippen molar-refractivity contribution in [1.82, 2.24) is 4.31 Å². The van der Waals surface area contributed by atoms with E-state index in [0.29, 0.717) is 54.7 Å². The van der Waals surface area contributed by atoms with Gasteiger partial charge in [-0.25, -0.2) is 8.42 Å². The number of carbonyl (C=O) groups is 1. The number of fused-ring (bicyclic) bond motifs is 2. The Bertz CT molecular complexity index is 1160. The molecule has 3 aliphatic rings. The third kappa shape index (κ3) is 3.28. The number of ether oxygens (including phenoxy) is 2. The maximum absolute atomic E-state index is 13.6. The molecule has 0 N–H and O–H groups in total. The number of hydrogen-bond donors (Lipinski definition) is 0. The third-order valence-corrected chi connectivity index (χ3v) is 8.23. The number of benzene rings is 2. The Morgan fingerprint density at radius 3 is 2.26 bits per heavy atom. The molecule has 3 aliphatic heterocycles. The van der Waals surface area contributed by atoms with Crippen molar-refractivity contribution in [3.05, 3.63) is 52.0 Å². The van der Waals surface area contributed by atoms with Gasteiger partial charge in [-0.2, -0.15) is 4.31 Å². The van der Waals surface area contributed by atoms with Crippen LogP contribution in [0.1, 0.15) is 24.8 Å². The quantitative estimate of drug-likeness (QED) is 0.659. The van der Waals surface area contributed by atoms with Gasteiger partial charge < -0.3 is 9.47 Å². The highest BCUT2D eigenvalue weighted by Crippen LogP contribution is 2.50. The molecule has 2 saturated heterocycles. The van der Waals surface area contributed by atoms with Gasteiger partial charge in [0.2, 0.25) is 10.0 Å². The van der Waals surface area contributed by atoms with Crippen LogP contribution >= 0.6 is 23.2 Å².